The summed E-state index contributed by atoms with van der Waals surface area (Å²) in [6, 6.07) is 3.84. The molecule has 1 aromatic carbocycles. The molecule has 0 saturated carbocycles. The number of nitrogens with zero attached hydrogens (tertiary/aromatic N) is 2. The lowest BCUT2D eigenvalue weighted by atomic mass is 9.73. The maximum atomic E-state index is 13.7. The van der Waals surface area contributed by atoms with E-state index in [1.807, 2.05) is 20.8 Å². The number of hydrogen-bond acceptors (Lipinski definition) is 3. The van der Waals surface area contributed by atoms with E-state index >= 15 is 0 Å². The second kappa shape index (κ2) is 7.11. The molecule has 0 aliphatic carbocycles. The number of halogens is 2. The van der Waals surface area contributed by atoms with Crippen LogP contribution in [-0.4, -0.2) is 25.5 Å². The molecule has 0 bridgehead atoms. The highest BCUT2D eigenvalue weighted by molar-refractivity contribution is 7.71. The van der Waals surface area contributed by atoms with Gasteiger partial charge >= 0.3 is 0 Å². The Balaban J connectivity index is 2.12. The third kappa shape index (κ3) is 4.08. The number of nitrogens with one attached hydrogen (secondary N) is 1. The van der Waals surface area contributed by atoms with Crippen LogP contribution in [-0.2, 0) is 13.0 Å². The second-order valence-electron chi connectivity index (χ2n) is 7.09. The Morgan fingerprint density at radius 2 is 1.88 bits per heavy atom. The molecule has 1 atom stereocenters. The molecule has 7 heteroatoms. The first kappa shape index (κ1) is 18.7. The van der Waals surface area contributed by atoms with E-state index in [1.165, 1.54) is 24.5 Å². The average Bonchev–Trinajstić information content (AvgIpc) is 2.86. The zero-order valence-electron chi connectivity index (χ0n) is 14.1. The van der Waals surface area contributed by atoms with Crippen molar-refractivity contribution in [2.75, 3.05) is 0 Å². The van der Waals surface area contributed by atoms with Crippen molar-refractivity contribution in [1.82, 2.24) is 14.8 Å². The number of rotatable bonds is 6. The van der Waals surface area contributed by atoms with E-state index < -0.39 is 22.7 Å². The van der Waals surface area contributed by atoms with Crippen LogP contribution in [0.4, 0.5) is 8.78 Å². The van der Waals surface area contributed by atoms with E-state index in [4.69, 9.17) is 12.2 Å². The smallest absolute Gasteiger partial charge is 0.215 e. The Hall–Kier alpha value is -1.60. The molecule has 2 aromatic rings. The Bertz CT molecular complexity index is 731. The topological polar surface area (TPSA) is 53.8 Å². The second-order valence-corrected chi connectivity index (χ2v) is 7.46. The van der Waals surface area contributed by atoms with Gasteiger partial charge in [0.25, 0.3) is 0 Å². The summed E-state index contributed by atoms with van der Waals surface area (Å²) < 4.78 is 29.4. The fraction of sp³-hybridized carbons (Fsp3) is 0.529. The molecule has 0 spiro atoms. The number of hydrogen-bond donors (Lipinski definition) is 2. The van der Waals surface area contributed by atoms with Gasteiger partial charge in [-0.25, -0.2) is 13.8 Å². The minimum atomic E-state index is -1.10. The van der Waals surface area contributed by atoms with Crippen molar-refractivity contribution in [3.8, 4) is 0 Å². The summed E-state index contributed by atoms with van der Waals surface area (Å²) in [7, 11) is 0. The molecule has 0 amide bonds. The molecule has 2 N–H and O–H groups in total. The number of H-pyrrole nitrogens is 1. The third-order valence-corrected chi connectivity index (χ3v) is 4.84. The zero-order valence-corrected chi connectivity index (χ0v) is 15.0. The molecular formula is C17H23F2N3OS. The Morgan fingerprint density at radius 3 is 2.38 bits per heavy atom. The first-order chi connectivity index (χ1) is 11.1. The van der Waals surface area contributed by atoms with Crippen LogP contribution in [0.5, 0.6) is 0 Å². The SMILES string of the molecule is CC(C)(C)C(O)(CCCc1c(F)cccc1F)Cn1[nH]cnc1=S. The molecule has 24 heavy (non-hydrogen) atoms. The lowest BCUT2D eigenvalue weighted by Gasteiger charge is -2.40. The third-order valence-electron chi connectivity index (χ3n) is 4.51. The van der Waals surface area contributed by atoms with E-state index in [-0.39, 0.29) is 18.5 Å². The van der Waals surface area contributed by atoms with Gasteiger partial charge in [0, 0.05) is 5.56 Å². The maximum absolute atomic E-state index is 13.7. The first-order valence-electron chi connectivity index (χ1n) is 7.89. The summed E-state index contributed by atoms with van der Waals surface area (Å²) in [5.74, 6) is -1.10. The quantitative estimate of drug-likeness (QED) is 0.770. The van der Waals surface area contributed by atoms with Gasteiger partial charge in [-0.05, 0) is 49.0 Å². The summed E-state index contributed by atoms with van der Waals surface area (Å²) in [5.41, 5.74) is -1.48. The van der Waals surface area contributed by atoms with Crippen LogP contribution in [0.3, 0.4) is 0 Å². The molecular weight excluding hydrogens is 332 g/mol. The lowest BCUT2D eigenvalue weighted by Crippen LogP contribution is -2.47. The average molecular weight is 355 g/mol. The van der Waals surface area contributed by atoms with Crippen molar-refractivity contribution in [2.45, 2.75) is 52.2 Å². The summed E-state index contributed by atoms with van der Waals surface area (Å²) >= 11 is 5.11. The van der Waals surface area contributed by atoms with Crippen molar-refractivity contribution >= 4 is 12.2 Å². The molecule has 0 radical (unpaired) electrons. The van der Waals surface area contributed by atoms with Gasteiger partial charge in [-0.1, -0.05) is 26.8 Å². The van der Waals surface area contributed by atoms with Crippen LogP contribution in [0.2, 0.25) is 0 Å². The Labute approximate surface area is 145 Å². The van der Waals surface area contributed by atoms with Crippen LogP contribution in [0, 0.1) is 21.8 Å². The van der Waals surface area contributed by atoms with Crippen molar-refractivity contribution in [2.24, 2.45) is 5.41 Å². The molecule has 132 valence electrons. The highest BCUT2D eigenvalue weighted by Crippen LogP contribution is 2.36. The molecule has 2 rings (SSSR count). The predicted octanol–water partition coefficient (Wildman–Crippen LogP) is 4.02. The van der Waals surface area contributed by atoms with Gasteiger partial charge in [0.05, 0.1) is 12.1 Å². The molecule has 1 aromatic heterocycles. The number of aliphatic hydroxyl groups is 1. The number of aromatic amines is 1. The predicted molar refractivity (Wildman–Crippen MR) is 91.1 cm³/mol. The van der Waals surface area contributed by atoms with Gasteiger partial charge in [-0.2, -0.15) is 0 Å². The molecule has 0 fully saturated rings. The maximum Gasteiger partial charge on any atom is 0.215 e. The fourth-order valence-electron chi connectivity index (χ4n) is 2.67. The van der Waals surface area contributed by atoms with E-state index in [1.54, 1.807) is 4.68 Å². The normalized spacial score (nSPS) is 14.6. The highest BCUT2D eigenvalue weighted by atomic mass is 32.1. The van der Waals surface area contributed by atoms with E-state index in [0.29, 0.717) is 17.6 Å². The minimum absolute atomic E-state index is 0.0620. The summed E-state index contributed by atoms with van der Waals surface area (Å²) in [6.45, 7) is 6.03. The number of benzene rings is 1. The molecule has 0 aliphatic rings. The summed E-state index contributed by atoms with van der Waals surface area (Å²) in [6.07, 6.45) is 2.53. The van der Waals surface area contributed by atoms with Crippen molar-refractivity contribution in [3.05, 3.63) is 46.5 Å². The van der Waals surface area contributed by atoms with Gasteiger partial charge in [0.1, 0.15) is 18.0 Å². The van der Waals surface area contributed by atoms with Crippen LogP contribution in [0.1, 0.15) is 39.2 Å². The number of aromatic nitrogens is 3. The first-order valence-corrected chi connectivity index (χ1v) is 8.30. The molecule has 0 aliphatic heterocycles. The zero-order chi connectivity index (χ0) is 18.0. The molecule has 4 nitrogen and oxygen atoms in total. The minimum Gasteiger partial charge on any atom is -0.387 e. The Morgan fingerprint density at radius 1 is 1.25 bits per heavy atom. The van der Waals surface area contributed by atoms with Crippen LogP contribution >= 0.6 is 12.2 Å². The lowest BCUT2D eigenvalue weighted by molar-refractivity contribution is -0.0813. The van der Waals surface area contributed by atoms with Crippen molar-refractivity contribution < 1.29 is 13.9 Å². The van der Waals surface area contributed by atoms with E-state index in [0.717, 1.165) is 0 Å². The monoisotopic (exact) mass is 355 g/mol. The summed E-state index contributed by atoms with van der Waals surface area (Å²) in [5, 5.41) is 14.0. The van der Waals surface area contributed by atoms with Gasteiger partial charge in [0.2, 0.25) is 4.77 Å². The van der Waals surface area contributed by atoms with Gasteiger partial charge in [0.15, 0.2) is 0 Å². The molecule has 1 heterocycles. The van der Waals surface area contributed by atoms with Crippen molar-refractivity contribution in [3.63, 3.8) is 0 Å². The van der Waals surface area contributed by atoms with Crippen molar-refractivity contribution in [1.29, 1.82) is 0 Å². The van der Waals surface area contributed by atoms with Gasteiger partial charge < -0.3 is 5.11 Å². The van der Waals surface area contributed by atoms with E-state index in [2.05, 4.69) is 10.1 Å². The van der Waals surface area contributed by atoms with E-state index in [9.17, 15) is 13.9 Å². The van der Waals surface area contributed by atoms with Crippen LogP contribution in [0.15, 0.2) is 24.5 Å². The van der Waals surface area contributed by atoms with Gasteiger partial charge in [-0.3, -0.25) is 9.78 Å². The standard InChI is InChI=1S/C17H23F2N3OS/c1-16(2,3)17(23,10-22-15(24)20-11-21-22)9-5-6-12-13(18)7-4-8-14(12)19/h4,7-8,11,23H,5-6,9-10H2,1-3H3,(H,20,21,24). The fourth-order valence-corrected chi connectivity index (χ4v) is 2.84. The van der Waals surface area contributed by atoms with Gasteiger partial charge in [-0.15, -0.1) is 0 Å². The summed E-state index contributed by atoms with van der Waals surface area (Å²) in [4.78, 5) is 3.95. The van der Waals surface area contributed by atoms with Crippen LogP contribution in [0.25, 0.3) is 0 Å². The molecule has 1 unspecified atom stereocenters. The molecule has 0 saturated heterocycles. The van der Waals surface area contributed by atoms with Crippen LogP contribution < -0.4 is 0 Å². The highest BCUT2D eigenvalue weighted by Gasteiger charge is 2.40. The Kier molecular flexibility index (Phi) is 5.55. The largest absolute Gasteiger partial charge is 0.387 e.